The van der Waals surface area contributed by atoms with E-state index in [1.807, 2.05) is 21.7 Å². The molecule has 25 heavy (non-hydrogen) atoms. The van der Waals surface area contributed by atoms with Gasteiger partial charge in [0, 0.05) is 19.3 Å². The van der Waals surface area contributed by atoms with Crippen molar-refractivity contribution in [2.75, 3.05) is 26.0 Å². The Morgan fingerprint density at radius 3 is 2.60 bits per heavy atom. The third-order valence-electron chi connectivity index (χ3n) is 4.24. The molecule has 0 radical (unpaired) electrons. The van der Waals surface area contributed by atoms with E-state index in [0.717, 1.165) is 11.1 Å². The largest absolute Gasteiger partial charge is 0.480 e. The number of hydrogen-bond donors (Lipinski definition) is 1. The molecule has 6 nitrogen and oxygen atoms in total. The lowest BCUT2D eigenvalue weighted by atomic mass is 10.0. The molecule has 2 unspecified atom stereocenters. The van der Waals surface area contributed by atoms with E-state index < -0.39 is 21.8 Å². The number of benzene rings is 1. The van der Waals surface area contributed by atoms with Crippen molar-refractivity contribution in [2.24, 2.45) is 0 Å². The number of sulfone groups is 1. The quantitative estimate of drug-likeness (QED) is 0.856. The summed E-state index contributed by atoms with van der Waals surface area (Å²) < 4.78 is 28.9. The standard InChI is InChI=1S/C17H19NO5S2/c1-25(21,22)14-4-2-12(3-5-14)15-10-18(7-8-23-15)16(17(19)20)13-6-9-24-11-13/h2-6,9,11,15-16H,7-8,10H2,1H3,(H,19,20). The Kier molecular flexibility index (Phi) is 5.24. The number of carboxylic acid groups (broad SMARTS) is 1. The molecule has 2 heterocycles. The molecular weight excluding hydrogens is 362 g/mol. The minimum atomic E-state index is -3.24. The van der Waals surface area contributed by atoms with Gasteiger partial charge in [0.15, 0.2) is 9.84 Å². The predicted molar refractivity (Wildman–Crippen MR) is 94.5 cm³/mol. The molecule has 1 aliphatic rings. The van der Waals surface area contributed by atoms with Gasteiger partial charge in [-0.05, 0) is 40.1 Å². The number of aliphatic carboxylic acids is 1. The van der Waals surface area contributed by atoms with Gasteiger partial charge in [-0.25, -0.2) is 8.42 Å². The molecule has 1 fully saturated rings. The summed E-state index contributed by atoms with van der Waals surface area (Å²) in [6.45, 7) is 1.39. The molecule has 0 amide bonds. The van der Waals surface area contributed by atoms with Gasteiger partial charge in [0.05, 0.1) is 17.6 Å². The van der Waals surface area contributed by atoms with Crippen LogP contribution in [0.5, 0.6) is 0 Å². The lowest BCUT2D eigenvalue weighted by Crippen LogP contribution is -2.43. The summed E-state index contributed by atoms with van der Waals surface area (Å²) in [7, 11) is -3.24. The third kappa shape index (κ3) is 4.09. The number of ether oxygens (including phenoxy) is 1. The molecule has 3 rings (SSSR count). The van der Waals surface area contributed by atoms with E-state index in [9.17, 15) is 18.3 Å². The predicted octanol–water partition coefficient (Wildman–Crippen LogP) is 2.35. The fourth-order valence-corrected chi connectivity index (χ4v) is 4.28. The Morgan fingerprint density at radius 1 is 1.32 bits per heavy atom. The van der Waals surface area contributed by atoms with Gasteiger partial charge >= 0.3 is 5.97 Å². The molecule has 1 saturated heterocycles. The van der Waals surface area contributed by atoms with E-state index in [-0.39, 0.29) is 11.0 Å². The van der Waals surface area contributed by atoms with Crippen molar-refractivity contribution >= 4 is 27.1 Å². The Morgan fingerprint density at radius 2 is 2.04 bits per heavy atom. The summed E-state index contributed by atoms with van der Waals surface area (Å²) in [4.78, 5) is 13.9. The van der Waals surface area contributed by atoms with Crippen LogP contribution in [0.25, 0.3) is 0 Å². The van der Waals surface area contributed by atoms with Crippen LogP contribution >= 0.6 is 11.3 Å². The first-order valence-corrected chi connectivity index (χ1v) is 10.6. The van der Waals surface area contributed by atoms with Crippen molar-refractivity contribution in [2.45, 2.75) is 17.0 Å². The van der Waals surface area contributed by atoms with Crippen LogP contribution in [0.2, 0.25) is 0 Å². The van der Waals surface area contributed by atoms with Crippen LogP contribution in [-0.2, 0) is 19.4 Å². The number of carboxylic acids is 1. The zero-order chi connectivity index (χ0) is 18.0. The van der Waals surface area contributed by atoms with Gasteiger partial charge in [0.25, 0.3) is 0 Å². The van der Waals surface area contributed by atoms with Crippen LogP contribution in [0.15, 0.2) is 46.0 Å². The third-order valence-corrected chi connectivity index (χ3v) is 6.07. The molecule has 134 valence electrons. The minimum Gasteiger partial charge on any atom is -0.480 e. The summed E-state index contributed by atoms with van der Waals surface area (Å²) in [5.41, 5.74) is 1.61. The average Bonchev–Trinajstić information content (AvgIpc) is 3.08. The molecule has 2 atom stereocenters. The van der Waals surface area contributed by atoms with Gasteiger partial charge in [0.1, 0.15) is 6.04 Å². The van der Waals surface area contributed by atoms with Gasteiger partial charge in [-0.2, -0.15) is 11.3 Å². The monoisotopic (exact) mass is 381 g/mol. The number of carbonyl (C=O) groups is 1. The lowest BCUT2D eigenvalue weighted by Gasteiger charge is -2.36. The van der Waals surface area contributed by atoms with Gasteiger partial charge in [0.2, 0.25) is 0 Å². The minimum absolute atomic E-state index is 0.255. The summed E-state index contributed by atoms with van der Waals surface area (Å²) >= 11 is 1.47. The summed E-state index contributed by atoms with van der Waals surface area (Å²) in [6.07, 6.45) is 0.877. The van der Waals surface area contributed by atoms with Crippen LogP contribution in [0.3, 0.4) is 0 Å². The van der Waals surface area contributed by atoms with Crippen LogP contribution in [-0.4, -0.2) is 50.3 Å². The first-order valence-electron chi connectivity index (χ1n) is 7.77. The first kappa shape index (κ1) is 18.1. The Balaban J connectivity index is 1.80. The Hall–Kier alpha value is -1.74. The lowest BCUT2D eigenvalue weighted by molar-refractivity contribution is -0.147. The van der Waals surface area contributed by atoms with Crippen molar-refractivity contribution in [1.82, 2.24) is 4.90 Å². The summed E-state index contributed by atoms with van der Waals surface area (Å²) in [6, 6.07) is 7.69. The molecular formula is C17H19NO5S2. The maximum Gasteiger partial charge on any atom is 0.325 e. The Labute approximate surface area is 150 Å². The zero-order valence-corrected chi connectivity index (χ0v) is 15.3. The van der Waals surface area contributed by atoms with Gasteiger partial charge in [-0.1, -0.05) is 12.1 Å². The van der Waals surface area contributed by atoms with E-state index in [0.29, 0.717) is 19.7 Å². The number of nitrogens with zero attached hydrogens (tertiary/aromatic N) is 1. The molecule has 1 aromatic heterocycles. The topological polar surface area (TPSA) is 83.9 Å². The van der Waals surface area contributed by atoms with E-state index >= 15 is 0 Å². The SMILES string of the molecule is CS(=O)(=O)c1ccc(C2CN(C(C(=O)O)c3ccsc3)CCO2)cc1. The molecule has 2 aromatic rings. The smallest absolute Gasteiger partial charge is 0.325 e. The molecule has 1 N–H and O–H groups in total. The molecule has 1 aromatic carbocycles. The second-order valence-electron chi connectivity index (χ2n) is 5.99. The molecule has 0 aliphatic carbocycles. The van der Waals surface area contributed by atoms with Gasteiger partial charge in [-0.3, -0.25) is 9.69 Å². The number of morpholine rings is 1. The van der Waals surface area contributed by atoms with Gasteiger partial charge < -0.3 is 9.84 Å². The highest BCUT2D eigenvalue weighted by Gasteiger charge is 2.33. The van der Waals surface area contributed by atoms with Crippen molar-refractivity contribution in [3.8, 4) is 0 Å². The van der Waals surface area contributed by atoms with E-state index in [1.165, 1.54) is 17.6 Å². The van der Waals surface area contributed by atoms with Crippen LogP contribution in [0.4, 0.5) is 0 Å². The number of thiophene rings is 1. The average molecular weight is 381 g/mol. The highest BCUT2D eigenvalue weighted by atomic mass is 32.2. The number of hydrogen-bond acceptors (Lipinski definition) is 6. The van der Waals surface area contributed by atoms with E-state index in [2.05, 4.69) is 0 Å². The molecule has 0 bridgehead atoms. The first-order chi connectivity index (χ1) is 11.9. The summed E-state index contributed by atoms with van der Waals surface area (Å²) in [5, 5.41) is 13.4. The van der Waals surface area contributed by atoms with Crippen LogP contribution in [0, 0.1) is 0 Å². The molecule has 0 spiro atoms. The maximum atomic E-state index is 11.8. The summed E-state index contributed by atoms with van der Waals surface area (Å²) in [5.74, 6) is -0.883. The maximum absolute atomic E-state index is 11.8. The van der Waals surface area contributed by atoms with Crippen molar-refractivity contribution < 1.29 is 23.1 Å². The molecule has 0 saturated carbocycles. The van der Waals surface area contributed by atoms with Crippen molar-refractivity contribution in [1.29, 1.82) is 0 Å². The fraction of sp³-hybridized carbons (Fsp3) is 0.353. The highest BCUT2D eigenvalue weighted by molar-refractivity contribution is 7.90. The normalized spacial score (nSPS) is 20.3. The van der Waals surface area contributed by atoms with Crippen molar-refractivity contribution in [3.63, 3.8) is 0 Å². The van der Waals surface area contributed by atoms with Gasteiger partial charge in [-0.15, -0.1) is 0 Å². The van der Waals surface area contributed by atoms with E-state index in [4.69, 9.17) is 4.74 Å². The van der Waals surface area contributed by atoms with Crippen LogP contribution in [0.1, 0.15) is 23.3 Å². The second kappa shape index (κ2) is 7.25. The molecule has 8 heteroatoms. The Bertz CT molecular complexity index is 830. The fourth-order valence-electron chi connectivity index (χ4n) is 2.98. The van der Waals surface area contributed by atoms with Crippen LogP contribution < -0.4 is 0 Å². The zero-order valence-electron chi connectivity index (χ0n) is 13.7. The van der Waals surface area contributed by atoms with E-state index in [1.54, 1.807) is 24.3 Å². The molecule has 1 aliphatic heterocycles. The highest BCUT2D eigenvalue weighted by Crippen LogP contribution is 2.30. The second-order valence-corrected chi connectivity index (χ2v) is 8.79. The number of rotatable bonds is 5. The van der Waals surface area contributed by atoms with Crippen molar-refractivity contribution in [3.05, 3.63) is 52.2 Å².